The zero-order chi connectivity index (χ0) is 12.3. The fraction of sp³-hybridized carbons (Fsp3) is 0.200. The number of hydrogen-bond acceptors (Lipinski definition) is 2. The van der Waals surface area contributed by atoms with Crippen molar-refractivity contribution < 1.29 is 4.74 Å². The highest BCUT2D eigenvalue weighted by Crippen LogP contribution is 2.32. The lowest BCUT2D eigenvalue weighted by atomic mass is 10.0. The maximum absolute atomic E-state index is 5.97. The van der Waals surface area contributed by atoms with E-state index in [1.807, 2.05) is 25.1 Å². The number of benzene rings is 2. The van der Waals surface area contributed by atoms with E-state index in [1.165, 1.54) is 0 Å². The zero-order valence-electron chi connectivity index (χ0n) is 10.0. The van der Waals surface area contributed by atoms with Crippen LogP contribution in [0.1, 0.15) is 18.5 Å². The van der Waals surface area contributed by atoms with E-state index in [0.29, 0.717) is 6.61 Å². The van der Waals surface area contributed by atoms with Crippen molar-refractivity contribution >= 4 is 10.8 Å². The third-order valence-electron chi connectivity index (χ3n) is 2.75. The molecule has 0 spiro atoms. The quantitative estimate of drug-likeness (QED) is 0.812. The van der Waals surface area contributed by atoms with Crippen LogP contribution < -0.4 is 10.5 Å². The van der Waals surface area contributed by atoms with Crippen LogP contribution in [0, 0.1) is 0 Å². The van der Waals surface area contributed by atoms with E-state index in [9.17, 15) is 0 Å². The van der Waals surface area contributed by atoms with Crippen LogP contribution in [0.15, 0.2) is 49.1 Å². The van der Waals surface area contributed by atoms with Crippen molar-refractivity contribution in [1.82, 2.24) is 0 Å². The van der Waals surface area contributed by atoms with E-state index in [2.05, 4.69) is 24.8 Å². The van der Waals surface area contributed by atoms with E-state index in [4.69, 9.17) is 10.5 Å². The molecular formula is C15H17NO. The lowest BCUT2D eigenvalue weighted by Crippen LogP contribution is -2.08. The molecule has 1 atom stereocenters. The zero-order valence-corrected chi connectivity index (χ0v) is 10.0. The standard InChI is InChI=1S/C15H17NO/c1-3-10-17-15-13(11(2)16)9-8-12-6-4-5-7-14(12)15/h3-9,11H,1,10,16H2,2H3/t11-/m1/s1. The van der Waals surface area contributed by atoms with Gasteiger partial charge in [0.15, 0.2) is 0 Å². The van der Waals surface area contributed by atoms with Crippen molar-refractivity contribution in [2.75, 3.05) is 6.61 Å². The Labute approximate surface area is 102 Å². The summed E-state index contributed by atoms with van der Waals surface area (Å²) >= 11 is 0. The van der Waals surface area contributed by atoms with Crippen LogP contribution in [-0.4, -0.2) is 6.61 Å². The summed E-state index contributed by atoms with van der Waals surface area (Å²) in [5, 5.41) is 2.26. The molecule has 0 unspecified atom stereocenters. The molecule has 2 N–H and O–H groups in total. The molecule has 0 aliphatic rings. The highest BCUT2D eigenvalue weighted by Gasteiger charge is 2.11. The average molecular weight is 227 g/mol. The Morgan fingerprint density at radius 1 is 1.29 bits per heavy atom. The van der Waals surface area contributed by atoms with Crippen molar-refractivity contribution in [3.05, 3.63) is 54.6 Å². The van der Waals surface area contributed by atoms with Gasteiger partial charge < -0.3 is 10.5 Å². The van der Waals surface area contributed by atoms with Crippen LogP contribution in [0.4, 0.5) is 0 Å². The van der Waals surface area contributed by atoms with Crippen molar-refractivity contribution in [3.63, 3.8) is 0 Å². The van der Waals surface area contributed by atoms with Crippen LogP contribution in [0.5, 0.6) is 5.75 Å². The molecule has 88 valence electrons. The van der Waals surface area contributed by atoms with Crippen LogP contribution in [0.25, 0.3) is 10.8 Å². The number of rotatable bonds is 4. The van der Waals surface area contributed by atoms with Gasteiger partial charge in [-0.25, -0.2) is 0 Å². The van der Waals surface area contributed by atoms with E-state index in [0.717, 1.165) is 22.1 Å². The molecule has 2 rings (SSSR count). The molecule has 2 heteroatoms. The molecule has 0 fully saturated rings. The van der Waals surface area contributed by atoms with Crippen molar-refractivity contribution in [1.29, 1.82) is 0 Å². The monoisotopic (exact) mass is 227 g/mol. The van der Waals surface area contributed by atoms with Gasteiger partial charge in [-0.15, -0.1) is 0 Å². The summed E-state index contributed by atoms with van der Waals surface area (Å²) in [6.07, 6.45) is 1.74. The summed E-state index contributed by atoms with van der Waals surface area (Å²) in [5.41, 5.74) is 7.00. The SMILES string of the molecule is C=CCOc1c([C@@H](C)N)ccc2ccccc12. The van der Waals surface area contributed by atoms with Gasteiger partial charge in [-0.2, -0.15) is 0 Å². The first kappa shape index (κ1) is 11.7. The predicted octanol–water partition coefficient (Wildman–Crippen LogP) is 3.42. The van der Waals surface area contributed by atoms with Gasteiger partial charge in [0.05, 0.1) is 0 Å². The van der Waals surface area contributed by atoms with Gasteiger partial charge in [0.25, 0.3) is 0 Å². The van der Waals surface area contributed by atoms with Crippen molar-refractivity contribution in [2.45, 2.75) is 13.0 Å². The van der Waals surface area contributed by atoms with Gasteiger partial charge in [0.2, 0.25) is 0 Å². The third-order valence-corrected chi connectivity index (χ3v) is 2.75. The second-order valence-electron chi connectivity index (χ2n) is 4.09. The molecule has 0 amide bonds. The molecule has 0 saturated carbocycles. The molecule has 0 aromatic heterocycles. The summed E-state index contributed by atoms with van der Waals surface area (Å²) in [5.74, 6) is 0.873. The lowest BCUT2D eigenvalue weighted by Gasteiger charge is -2.15. The molecule has 0 saturated heterocycles. The predicted molar refractivity (Wildman–Crippen MR) is 72.2 cm³/mol. The first-order chi connectivity index (χ1) is 8.24. The lowest BCUT2D eigenvalue weighted by molar-refractivity contribution is 0.361. The maximum atomic E-state index is 5.97. The van der Waals surface area contributed by atoms with Crippen LogP contribution in [-0.2, 0) is 0 Å². The summed E-state index contributed by atoms with van der Waals surface area (Å²) in [7, 11) is 0. The molecule has 0 heterocycles. The number of nitrogens with two attached hydrogens (primary N) is 1. The van der Waals surface area contributed by atoms with E-state index in [1.54, 1.807) is 6.08 Å². The van der Waals surface area contributed by atoms with E-state index in [-0.39, 0.29) is 6.04 Å². The molecular weight excluding hydrogens is 210 g/mol. The normalized spacial score (nSPS) is 12.4. The molecule has 2 aromatic carbocycles. The van der Waals surface area contributed by atoms with E-state index < -0.39 is 0 Å². The van der Waals surface area contributed by atoms with Crippen molar-refractivity contribution in [2.24, 2.45) is 5.73 Å². The Balaban J connectivity index is 2.61. The summed E-state index contributed by atoms with van der Waals surface area (Å²) in [6, 6.07) is 12.2. The Morgan fingerprint density at radius 2 is 2.06 bits per heavy atom. The van der Waals surface area contributed by atoms with Gasteiger partial charge in [-0.05, 0) is 12.3 Å². The first-order valence-electron chi connectivity index (χ1n) is 5.75. The van der Waals surface area contributed by atoms with Gasteiger partial charge in [-0.1, -0.05) is 49.1 Å². The largest absolute Gasteiger partial charge is 0.489 e. The third kappa shape index (κ3) is 2.32. The average Bonchev–Trinajstić information content (AvgIpc) is 2.35. The molecule has 0 radical (unpaired) electrons. The van der Waals surface area contributed by atoms with Crippen LogP contribution in [0.3, 0.4) is 0 Å². The Hall–Kier alpha value is -1.80. The molecule has 17 heavy (non-hydrogen) atoms. The van der Waals surface area contributed by atoms with Crippen molar-refractivity contribution in [3.8, 4) is 5.75 Å². The van der Waals surface area contributed by atoms with E-state index >= 15 is 0 Å². The smallest absolute Gasteiger partial charge is 0.132 e. The molecule has 0 aliphatic heterocycles. The highest BCUT2D eigenvalue weighted by molar-refractivity contribution is 5.89. The van der Waals surface area contributed by atoms with Crippen LogP contribution in [0.2, 0.25) is 0 Å². The first-order valence-corrected chi connectivity index (χ1v) is 5.75. The van der Waals surface area contributed by atoms with Gasteiger partial charge in [0, 0.05) is 17.0 Å². The molecule has 0 aliphatic carbocycles. The Morgan fingerprint density at radius 3 is 2.76 bits per heavy atom. The summed E-state index contributed by atoms with van der Waals surface area (Å²) in [4.78, 5) is 0. The van der Waals surface area contributed by atoms with Gasteiger partial charge >= 0.3 is 0 Å². The maximum Gasteiger partial charge on any atom is 0.132 e. The second kappa shape index (κ2) is 5.02. The minimum absolute atomic E-state index is 0.0422. The fourth-order valence-electron chi connectivity index (χ4n) is 1.92. The topological polar surface area (TPSA) is 35.2 Å². The minimum Gasteiger partial charge on any atom is -0.489 e. The highest BCUT2D eigenvalue weighted by atomic mass is 16.5. The number of hydrogen-bond donors (Lipinski definition) is 1. The summed E-state index contributed by atoms with van der Waals surface area (Å²) < 4.78 is 5.76. The van der Waals surface area contributed by atoms with Gasteiger partial charge in [0.1, 0.15) is 12.4 Å². The number of ether oxygens (including phenoxy) is 1. The molecule has 0 bridgehead atoms. The second-order valence-corrected chi connectivity index (χ2v) is 4.09. The Kier molecular flexibility index (Phi) is 3.45. The van der Waals surface area contributed by atoms with Gasteiger partial charge in [-0.3, -0.25) is 0 Å². The molecule has 2 nitrogen and oxygen atoms in total. The fourth-order valence-corrected chi connectivity index (χ4v) is 1.92. The Bertz CT molecular complexity index is 531. The summed E-state index contributed by atoms with van der Waals surface area (Å²) in [6.45, 7) is 6.13. The molecule has 2 aromatic rings. The van der Waals surface area contributed by atoms with Crippen LogP contribution >= 0.6 is 0 Å². The number of fused-ring (bicyclic) bond motifs is 1. The minimum atomic E-state index is -0.0422.